The number of sulfonamides is 1. The first kappa shape index (κ1) is 22.1. The highest BCUT2D eigenvalue weighted by molar-refractivity contribution is 7.98. The van der Waals surface area contributed by atoms with Gasteiger partial charge in [0, 0.05) is 18.0 Å². The maximum atomic E-state index is 12.8. The molecule has 2 N–H and O–H groups in total. The van der Waals surface area contributed by atoms with Crippen molar-refractivity contribution in [2.75, 3.05) is 32.8 Å². The van der Waals surface area contributed by atoms with Crippen LogP contribution in [-0.4, -0.2) is 56.2 Å². The molecule has 2 amide bonds. The van der Waals surface area contributed by atoms with Crippen molar-refractivity contribution in [3.63, 3.8) is 0 Å². The number of ether oxygens (including phenoxy) is 2. The topological polar surface area (TPSA) is 123 Å². The molecule has 0 bridgehead atoms. The Labute approximate surface area is 177 Å². The lowest BCUT2D eigenvalue weighted by Gasteiger charge is -2.13. The van der Waals surface area contributed by atoms with Crippen LogP contribution in [0.5, 0.6) is 11.8 Å². The molecule has 1 aliphatic rings. The molecule has 2 aromatic rings. The fourth-order valence-electron chi connectivity index (χ4n) is 2.69. The number of fused-ring (bicyclic) bond motifs is 1. The van der Waals surface area contributed by atoms with Gasteiger partial charge in [-0.05, 0) is 30.0 Å². The Morgan fingerprint density at radius 1 is 1.27 bits per heavy atom. The second-order valence-electron chi connectivity index (χ2n) is 6.08. The average Bonchev–Trinajstić information content (AvgIpc) is 3.14. The maximum absolute atomic E-state index is 12.8. The highest BCUT2D eigenvalue weighted by Crippen LogP contribution is 2.40. The SMILES string of the molecule is COc1cc(OC)nc(NC(=O)NS(=O)(=O)c2cccc3c2SN(CCCF)C3)n1. The average molecular weight is 458 g/mol. The first-order chi connectivity index (χ1) is 14.4. The number of carbonyl (C=O) groups is 1. The molecule has 0 spiro atoms. The molecule has 1 aliphatic heterocycles. The van der Waals surface area contributed by atoms with Crippen LogP contribution < -0.4 is 19.5 Å². The van der Waals surface area contributed by atoms with Gasteiger partial charge < -0.3 is 9.47 Å². The number of carbonyl (C=O) groups excluding carboxylic acids is 1. The molecule has 1 aromatic heterocycles. The number of halogens is 1. The number of anilines is 1. The van der Waals surface area contributed by atoms with Crippen molar-refractivity contribution in [1.82, 2.24) is 19.0 Å². The van der Waals surface area contributed by atoms with Crippen molar-refractivity contribution in [3.05, 3.63) is 29.8 Å². The molecule has 13 heteroatoms. The van der Waals surface area contributed by atoms with Gasteiger partial charge in [0.1, 0.15) is 4.90 Å². The molecule has 0 fully saturated rings. The van der Waals surface area contributed by atoms with Crippen LogP contribution >= 0.6 is 11.9 Å². The fraction of sp³-hybridized carbons (Fsp3) is 0.353. The molecule has 2 heterocycles. The molecular formula is C17H20FN5O5S2. The third-order valence-electron chi connectivity index (χ3n) is 4.01. The number of nitrogens with zero attached hydrogens (tertiary/aromatic N) is 3. The number of rotatable bonds is 8. The van der Waals surface area contributed by atoms with E-state index < -0.39 is 22.7 Å². The minimum Gasteiger partial charge on any atom is -0.481 e. The third kappa shape index (κ3) is 5.09. The molecule has 0 saturated heterocycles. The zero-order valence-electron chi connectivity index (χ0n) is 16.2. The van der Waals surface area contributed by atoms with E-state index in [1.165, 1.54) is 38.3 Å². The first-order valence-electron chi connectivity index (χ1n) is 8.78. The van der Waals surface area contributed by atoms with Gasteiger partial charge in [-0.15, -0.1) is 0 Å². The first-order valence-corrected chi connectivity index (χ1v) is 11.0. The third-order valence-corrected chi connectivity index (χ3v) is 6.75. The number of nitrogens with one attached hydrogen (secondary N) is 2. The summed E-state index contributed by atoms with van der Waals surface area (Å²) in [5.74, 6) is 0.0697. The lowest BCUT2D eigenvalue weighted by Crippen LogP contribution is -2.35. The van der Waals surface area contributed by atoms with Crippen molar-refractivity contribution in [1.29, 1.82) is 0 Å². The van der Waals surface area contributed by atoms with E-state index in [9.17, 15) is 17.6 Å². The van der Waals surface area contributed by atoms with Crippen LogP contribution in [0.3, 0.4) is 0 Å². The van der Waals surface area contributed by atoms with Crippen LogP contribution in [0.1, 0.15) is 12.0 Å². The van der Waals surface area contributed by atoms with Gasteiger partial charge in [-0.3, -0.25) is 9.71 Å². The maximum Gasteiger partial charge on any atom is 0.335 e. The smallest absolute Gasteiger partial charge is 0.335 e. The summed E-state index contributed by atoms with van der Waals surface area (Å²) >= 11 is 1.23. The summed E-state index contributed by atoms with van der Waals surface area (Å²) in [5.41, 5.74) is 0.794. The molecule has 0 saturated carbocycles. The Hall–Kier alpha value is -2.64. The van der Waals surface area contributed by atoms with Crippen molar-refractivity contribution < 1.29 is 27.1 Å². The summed E-state index contributed by atoms with van der Waals surface area (Å²) in [7, 11) is -1.43. The molecule has 0 aliphatic carbocycles. The molecule has 162 valence electrons. The normalized spacial score (nSPS) is 13.6. The van der Waals surface area contributed by atoms with Gasteiger partial charge in [0.15, 0.2) is 0 Å². The minimum absolute atomic E-state index is 0.0351. The summed E-state index contributed by atoms with van der Waals surface area (Å²) in [6.45, 7) is 0.530. The van der Waals surface area contributed by atoms with Crippen LogP contribution in [0.25, 0.3) is 0 Å². The van der Waals surface area contributed by atoms with Gasteiger partial charge in [0.05, 0.1) is 27.0 Å². The molecule has 0 radical (unpaired) electrons. The minimum atomic E-state index is -4.18. The summed E-state index contributed by atoms with van der Waals surface area (Å²) in [5, 5.41) is 2.25. The predicted octanol–water partition coefficient (Wildman–Crippen LogP) is 2.19. The van der Waals surface area contributed by atoms with E-state index in [1.54, 1.807) is 12.1 Å². The van der Waals surface area contributed by atoms with Gasteiger partial charge in [0.2, 0.25) is 17.7 Å². The number of amides is 2. The van der Waals surface area contributed by atoms with E-state index in [1.807, 2.05) is 9.03 Å². The number of aromatic nitrogens is 2. The zero-order valence-corrected chi connectivity index (χ0v) is 17.8. The second kappa shape index (κ2) is 9.45. The lowest BCUT2D eigenvalue weighted by molar-refractivity contribution is 0.256. The second-order valence-corrected chi connectivity index (χ2v) is 8.84. The number of hydrogen-bond donors (Lipinski definition) is 2. The van der Waals surface area contributed by atoms with Gasteiger partial charge in [0.25, 0.3) is 10.0 Å². The largest absolute Gasteiger partial charge is 0.481 e. The van der Waals surface area contributed by atoms with Crippen molar-refractivity contribution >= 4 is 34.0 Å². The van der Waals surface area contributed by atoms with E-state index in [0.717, 1.165) is 5.56 Å². The highest BCUT2D eigenvalue weighted by atomic mass is 32.2. The van der Waals surface area contributed by atoms with Gasteiger partial charge >= 0.3 is 6.03 Å². The van der Waals surface area contributed by atoms with E-state index in [0.29, 0.717) is 24.4 Å². The monoisotopic (exact) mass is 457 g/mol. The lowest BCUT2D eigenvalue weighted by atomic mass is 10.2. The molecular weight excluding hydrogens is 437 g/mol. The Morgan fingerprint density at radius 2 is 1.97 bits per heavy atom. The van der Waals surface area contributed by atoms with Crippen molar-refractivity contribution in [2.45, 2.75) is 22.8 Å². The number of hydrogen-bond acceptors (Lipinski definition) is 9. The Kier molecular flexibility index (Phi) is 6.95. The summed E-state index contributed by atoms with van der Waals surface area (Å²) < 4.78 is 51.9. The zero-order chi connectivity index (χ0) is 21.7. The van der Waals surface area contributed by atoms with E-state index in [-0.39, 0.29) is 22.6 Å². The Balaban J connectivity index is 1.75. The standard InChI is InChI=1S/C17H20FN5O5S2/c1-27-13-9-14(28-2)20-16(19-13)21-17(24)22-30(25,26)12-6-3-5-11-10-23(8-4-7-18)29-15(11)12/h3,5-6,9H,4,7-8,10H2,1-2H3,(H2,19,20,21,22,24). The van der Waals surface area contributed by atoms with Crippen LogP contribution in [0.4, 0.5) is 15.1 Å². The van der Waals surface area contributed by atoms with Crippen LogP contribution in [0, 0.1) is 0 Å². The van der Waals surface area contributed by atoms with E-state index >= 15 is 0 Å². The number of benzene rings is 1. The summed E-state index contributed by atoms with van der Waals surface area (Å²) in [6.07, 6.45) is 0.355. The number of alkyl halides is 1. The van der Waals surface area contributed by atoms with Crippen LogP contribution in [0.15, 0.2) is 34.1 Å². The van der Waals surface area contributed by atoms with Crippen LogP contribution in [-0.2, 0) is 16.6 Å². The molecule has 3 rings (SSSR count). The fourth-order valence-corrected chi connectivity index (χ4v) is 5.26. The number of urea groups is 1. The van der Waals surface area contributed by atoms with Gasteiger partial charge in [-0.1, -0.05) is 12.1 Å². The Bertz CT molecular complexity index is 1010. The molecule has 0 unspecified atom stereocenters. The molecule has 0 atom stereocenters. The quantitative estimate of drug-likeness (QED) is 0.574. The van der Waals surface area contributed by atoms with Crippen LogP contribution in [0.2, 0.25) is 0 Å². The van der Waals surface area contributed by atoms with E-state index in [2.05, 4.69) is 15.3 Å². The number of methoxy groups -OCH3 is 2. The van der Waals surface area contributed by atoms with Gasteiger partial charge in [-0.25, -0.2) is 22.2 Å². The van der Waals surface area contributed by atoms with Crippen molar-refractivity contribution in [3.8, 4) is 11.8 Å². The highest BCUT2D eigenvalue weighted by Gasteiger charge is 2.29. The van der Waals surface area contributed by atoms with Gasteiger partial charge in [-0.2, -0.15) is 9.97 Å². The molecule has 1 aromatic carbocycles. The summed E-state index contributed by atoms with van der Waals surface area (Å²) in [4.78, 5) is 20.6. The molecule has 30 heavy (non-hydrogen) atoms. The van der Waals surface area contributed by atoms with Crippen molar-refractivity contribution in [2.24, 2.45) is 0 Å². The van der Waals surface area contributed by atoms with E-state index in [4.69, 9.17) is 9.47 Å². The summed E-state index contributed by atoms with van der Waals surface area (Å²) in [6, 6.07) is 5.16. The Morgan fingerprint density at radius 3 is 2.60 bits per heavy atom. The predicted molar refractivity (Wildman–Crippen MR) is 108 cm³/mol. The molecule has 10 nitrogen and oxygen atoms in total.